The van der Waals surface area contributed by atoms with Crippen LogP contribution in [0.15, 0.2) is 42.7 Å². The summed E-state index contributed by atoms with van der Waals surface area (Å²) in [6.45, 7) is 2.76. The summed E-state index contributed by atoms with van der Waals surface area (Å²) in [6, 6.07) is 8.46. The molecule has 2 aromatic rings. The standard InChI is InChI=1S/C16H17NO4/c1-2-20-15-10-13(16(18)19)5-6-14(15)21-9-7-12-4-3-8-17-11-12/h3-6,8,10-11H,2,7,9H2,1H3,(H,18,19). The van der Waals surface area contributed by atoms with Crippen molar-refractivity contribution in [1.82, 2.24) is 4.98 Å². The number of carbonyl (C=O) groups is 1. The van der Waals surface area contributed by atoms with E-state index in [4.69, 9.17) is 14.6 Å². The molecule has 0 spiro atoms. The highest BCUT2D eigenvalue weighted by Gasteiger charge is 2.10. The Kier molecular flexibility index (Phi) is 5.15. The molecule has 0 bridgehead atoms. The molecule has 2 rings (SSSR count). The number of carboxylic acid groups (broad SMARTS) is 1. The Morgan fingerprint density at radius 3 is 2.76 bits per heavy atom. The second-order valence-corrected chi connectivity index (χ2v) is 4.36. The second kappa shape index (κ2) is 7.28. The zero-order valence-electron chi connectivity index (χ0n) is 11.8. The Labute approximate surface area is 123 Å². The average molecular weight is 287 g/mol. The number of carboxylic acids is 1. The number of aromatic nitrogens is 1. The van der Waals surface area contributed by atoms with Crippen molar-refractivity contribution in [3.05, 3.63) is 53.9 Å². The molecule has 0 saturated heterocycles. The molecule has 0 fully saturated rings. The summed E-state index contributed by atoms with van der Waals surface area (Å²) in [4.78, 5) is 15.0. The maximum Gasteiger partial charge on any atom is 0.335 e. The first-order chi connectivity index (χ1) is 10.2. The molecule has 0 saturated carbocycles. The second-order valence-electron chi connectivity index (χ2n) is 4.36. The van der Waals surface area contributed by atoms with Crippen molar-refractivity contribution in [3.63, 3.8) is 0 Å². The van der Waals surface area contributed by atoms with Crippen molar-refractivity contribution in [2.45, 2.75) is 13.3 Å². The lowest BCUT2D eigenvalue weighted by molar-refractivity contribution is 0.0696. The number of aromatic carboxylic acids is 1. The van der Waals surface area contributed by atoms with E-state index in [-0.39, 0.29) is 5.56 Å². The molecule has 0 unspecified atom stereocenters. The fraction of sp³-hybridized carbons (Fsp3) is 0.250. The molecular weight excluding hydrogens is 270 g/mol. The van der Waals surface area contributed by atoms with E-state index in [0.717, 1.165) is 12.0 Å². The number of pyridine rings is 1. The number of ether oxygens (including phenoxy) is 2. The molecule has 0 radical (unpaired) electrons. The van der Waals surface area contributed by atoms with Gasteiger partial charge in [0.15, 0.2) is 11.5 Å². The molecular formula is C16H17NO4. The van der Waals surface area contributed by atoms with Crippen LogP contribution in [0.25, 0.3) is 0 Å². The van der Waals surface area contributed by atoms with Crippen LogP contribution in [-0.4, -0.2) is 29.3 Å². The number of benzene rings is 1. The van der Waals surface area contributed by atoms with Crippen molar-refractivity contribution >= 4 is 5.97 Å². The highest BCUT2D eigenvalue weighted by atomic mass is 16.5. The molecule has 0 aliphatic rings. The van der Waals surface area contributed by atoms with Crippen molar-refractivity contribution in [2.75, 3.05) is 13.2 Å². The molecule has 1 N–H and O–H groups in total. The van der Waals surface area contributed by atoms with E-state index in [0.29, 0.717) is 24.7 Å². The molecule has 5 heteroatoms. The van der Waals surface area contributed by atoms with E-state index in [1.54, 1.807) is 18.5 Å². The first-order valence-corrected chi connectivity index (χ1v) is 6.72. The zero-order chi connectivity index (χ0) is 15.1. The fourth-order valence-electron chi connectivity index (χ4n) is 1.85. The molecule has 21 heavy (non-hydrogen) atoms. The third-order valence-electron chi connectivity index (χ3n) is 2.86. The number of nitrogens with zero attached hydrogens (tertiary/aromatic N) is 1. The third kappa shape index (κ3) is 4.21. The van der Waals surface area contributed by atoms with Crippen LogP contribution >= 0.6 is 0 Å². The summed E-state index contributed by atoms with van der Waals surface area (Å²) in [5.41, 5.74) is 1.26. The SMILES string of the molecule is CCOc1cc(C(=O)O)ccc1OCCc1cccnc1. The highest BCUT2D eigenvalue weighted by Crippen LogP contribution is 2.28. The lowest BCUT2D eigenvalue weighted by Gasteiger charge is -2.12. The van der Waals surface area contributed by atoms with Gasteiger partial charge in [-0.1, -0.05) is 6.07 Å². The normalized spacial score (nSPS) is 10.1. The quantitative estimate of drug-likeness (QED) is 0.848. The molecule has 0 amide bonds. The van der Waals surface area contributed by atoms with Crippen molar-refractivity contribution < 1.29 is 19.4 Å². The minimum atomic E-state index is -0.988. The summed E-state index contributed by atoms with van der Waals surface area (Å²) < 4.78 is 11.1. The van der Waals surface area contributed by atoms with Crippen molar-refractivity contribution in [3.8, 4) is 11.5 Å². The van der Waals surface area contributed by atoms with E-state index in [1.807, 2.05) is 19.1 Å². The highest BCUT2D eigenvalue weighted by molar-refractivity contribution is 5.88. The summed E-state index contributed by atoms with van der Waals surface area (Å²) >= 11 is 0. The van der Waals surface area contributed by atoms with Gasteiger partial charge in [-0.05, 0) is 36.8 Å². The summed E-state index contributed by atoms with van der Waals surface area (Å²) in [7, 11) is 0. The van der Waals surface area contributed by atoms with Crippen molar-refractivity contribution in [1.29, 1.82) is 0 Å². The van der Waals surface area contributed by atoms with Gasteiger partial charge >= 0.3 is 5.97 Å². The van der Waals surface area contributed by atoms with Gasteiger partial charge in [0.1, 0.15) is 0 Å². The van der Waals surface area contributed by atoms with Gasteiger partial charge in [-0.2, -0.15) is 0 Å². The van der Waals surface area contributed by atoms with E-state index < -0.39 is 5.97 Å². The summed E-state index contributed by atoms with van der Waals surface area (Å²) in [5, 5.41) is 8.99. The molecule has 110 valence electrons. The predicted octanol–water partition coefficient (Wildman–Crippen LogP) is 2.80. The van der Waals surface area contributed by atoms with Gasteiger partial charge in [-0.15, -0.1) is 0 Å². The maximum absolute atomic E-state index is 11.0. The fourth-order valence-corrected chi connectivity index (χ4v) is 1.85. The number of hydrogen-bond donors (Lipinski definition) is 1. The van der Waals surface area contributed by atoms with Gasteiger partial charge in [0.05, 0.1) is 18.8 Å². The van der Waals surface area contributed by atoms with Gasteiger partial charge < -0.3 is 14.6 Å². The lowest BCUT2D eigenvalue weighted by Crippen LogP contribution is -2.05. The topological polar surface area (TPSA) is 68.7 Å². The first-order valence-electron chi connectivity index (χ1n) is 6.72. The Hall–Kier alpha value is -2.56. The van der Waals surface area contributed by atoms with Crippen LogP contribution in [0.5, 0.6) is 11.5 Å². The predicted molar refractivity (Wildman–Crippen MR) is 78.0 cm³/mol. The maximum atomic E-state index is 11.0. The minimum Gasteiger partial charge on any atom is -0.490 e. The van der Waals surface area contributed by atoms with Crippen LogP contribution in [-0.2, 0) is 6.42 Å². The Bertz CT molecular complexity index is 598. The molecule has 0 atom stereocenters. The summed E-state index contributed by atoms with van der Waals surface area (Å²) in [5.74, 6) is 0.00666. The van der Waals surface area contributed by atoms with Crippen LogP contribution < -0.4 is 9.47 Å². The van der Waals surface area contributed by atoms with Crippen LogP contribution in [0.1, 0.15) is 22.8 Å². The summed E-state index contributed by atoms with van der Waals surface area (Å²) in [6.07, 6.45) is 4.24. The van der Waals surface area contributed by atoms with Gasteiger partial charge in [0.2, 0.25) is 0 Å². The molecule has 1 aromatic heterocycles. The number of hydrogen-bond acceptors (Lipinski definition) is 4. The Morgan fingerprint density at radius 1 is 1.24 bits per heavy atom. The number of rotatable bonds is 7. The lowest BCUT2D eigenvalue weighted by atomic mass is 10.2. The average Bonchev–Trinajstić information content (AvgIpc) is 2.50. The van der Waals surface area contributed by atoms with Gasteiger partial charge in [-0.25, -0.2) is 4.79 Å². The van der Waals surface area contributed by atoms with Gasteiger partial charge in [-0.3, -0.25) is 4.98 Å². The van der Waals surface area contributed by atoms with E-state index >= 15 is 0 Å². The van der Waals surface area contributed by atoms with E-state index in [2.05, 4.69) is 4.98 Å². The zero-order valence-corrected chi connectivity index (χ0v) is 11.8. The molecule has 1 heterocycles. The van der Waals surface area contributed by atoms with E-state index in [1.165, 1.54) is 12.1 Å². The van der Waals surface area contributed by atoms with Gasteiger partial charge in [0.25, 0.3) is 0 Å². The van der Waals surface area contributed by atoms with Crippen LogP contribution in [0, 0.1) is 0 Å². The Morgan fingerprint density at radius 2 is 2.10 bits per heavy atom. The van der Waals surface area contributed by atoms with Crippen LogP contribution in [0.4, 0.5) is 0 Å². The van der Waals surface area contributed by atoms with Crippen molar-refractivity contribution in [2.24, 2.45) is 0 Å². The first kappa shape index (κ1) is 14.8. The minimum absolute atomic E-state index is 0.179. The smallest absolute Gasteiger partial charge is 0.335 e. The largest absolute Gasteiger partial charge is 0.490 e. The van der Waals surface area contributed by atoms with Gasteiger partial charge in [0, 0.05) is 18.8 Å². The molecule has 5 nitrogen and oxygen atoms in total. The monoisotopic (exact) mass is 287 g/mol. The molecule has 0 aliphatic carbocycles. The Balaban J connectivity index is 2.03. The van der Waals surface area contributed by atoms with Crippen LogP contribution in [0.2, 0.25) is 0 Å². The van der Waals surface area contributed by atoms with Crippen LogP contribution in [0.3, 0.4) is 0 Å². The molecule has 1 aromatic carbocycles. The third-order valence-corrected chi connectivity index (χ3v) is 2.86. The molecule has 0 aliphatic heterocycles. The van der Waals surface area contributed by atoms with E-state index in [9.17, 15) is 4.79 Å².